The Labute approximate surface area is 70.3 Å². The fraction of sp³-hybridized carbons (Fsp3) is 0.250. The molecule has 0 saturated carbocycles. The Morgan fingerprint density at radius 1 is 1.83 bits per heavy atom. The highest BCUT2D eigenvalue weighted by Gasteiger charge is 1.98. The van der Waals surface area contributed by atoms with Crippen LogP contribution in [0.2, 0.25) is 0 Å². The SMILES string of the molecule is C#CCNc1nccn(C)c1=O. The summed E-state index contributed by atoms with van der Waals surface area (Å²) in [6.07, 6.45) is 8.14. The molecule has 0 aliphatic carbocycles. The molecule has 0 aliphatic rings. The van der Waals surface area contributed by atoms with Crippen LogP contribution >= 0.6 is 0 Å². The van der Waals surface area contributed by atoms with Crippen molar-refractivity contribution in [1.82, 2.24) is 9.55 Å². The Morgan fingerprint density at radius 2 is 2.58 bits per heavy atom. The van der Waals surface area contributed by atoms with Crippen LogP contribution in [-0.2, 0) is 7.05 Å². The average Bonchev–Trinajstić information content (AvgIpc) is 2.08. The van der Waals surface area contributed by atoms with Crippen molar-refractivity contribution in [3.05, 3.63) is 22.7 Å². The largest absolute Gasteiger partial charge is 0.355 e. The van der Waals surface area contributed by atoms with Gasteiger partial charge < -0.3 is 9.88 Å². The zero-order chi connectivity index (χ0) is 8.97. The Morgan fingerprint density at radius 3 is 3.25 bits per heavy atom. The van der Waals surface area contributed by atoms with Crippen molar-refractivity contribution in [1.29, 1.82) is 0 Å². The molecule has 12 heavy (non-hydrogen) atoms. The number of aromatic nitrogens is 2. The molecule has 1 aromatic rings. The minimum Gasteiger partial charge on any atom is -0.355 e. The summed E-state index contributed by atoms with van der Waals surface area (Å²) in [5.74, 6) is 2.65. The summed E-state index contributed by atoms with van der Waals surface area (Å²) >= 11 is 0. The maximum Gasteiger partial charge on any atom is 0.293 e. The first-order valence-electron chi connectivity index (χ1n) is 3.44. The summed E-state index contributed by atoms with van der Waals surface area (Å²) in [6, 6.07) is 0. The van der Waals surface area contributed by atoms with E-state index in [1.165, 1.54) is 4.57 Å². The van der Waals surface area contributed by atoms with Crippen molar-refractivity contribution in [3.8, 4) is 12.3 Å². The first-order chi connectivity index (χ1) is 5.75. The van der Waals surface area contributed by atoms with Gasteiger partial charge in [0, 0.05) is 19.4 Å². The van der Waals surface area contributed by atoms with Crippen molar-refractivity contribution in [3.63, 3.8) is 0 Å². The van der Waals surface area contributed by atoms with Gasteiger partial charge in [0.1, 0.15) is 0 Å². The molecular weight excluding hydrogens is 154 g/mol. The lowest BCUT2D eigenvalue weighted by Crippen LogP contribution is -2.21. The predicted octanol–water partition coefficient (Wildman–Crippen LogP) is -0.175. The van der Waals surface area contributed by atoms with E-state index in [0.29, 0.717) is 6.54 Å². The van der Waals surface area contributed by atoms with Crippen LogP contribution in [0, 0.1) is 12.3 Å². The first kappa shape index (κ1) is 8.34. The predicted molar refractivity (Wildman–Crippen MR) is 46.8 cm³/mol. The molecule has 1 heterocycles. The third-order valence-electron chi connectivity index (χ3n) is 1.37. The van der Waals surface area contributed by atoms with Crippen molar-refractivity contribution in [2.45, 2.75) is 0 Å². The van der Waals surface area contributed by atoms with Gasteiger partial charge in [-0.3, -0.25) is 4.79 Å². The molecule has 0 fully saturated rings. The van der Waals surface area contributed by atoms with Crippen molar-refractivity contribution in [2.24, 2.45) is 7.05 Å². The van der Waals surface area contributed by atoms with E-state index in [4.69, 9.17) is 6.42 Å². The molecule has 4 heteroatoms. The summed E-state index contributed by atoms with van der Waals surface area (Å²) in [4.78, 5) is 15.1. The van der Waals surface area contributed by atoms with Crippen molar-refractivity contribution < 1.29 is 0 Å². The van der Waals surface area contributed by atoms with Gasteiger partial charge >= 0.3 is 0 Å². The van der Waals surface area contributed by atoms with Crippen LogP contribution in [0.25, 0.3) is 0 Å². The lowest BCUT2D eigenvalue weighted by atomic mass is 10.5. The smallest absolute Gasteiger partial charge is 0.293 e. The molecule has 0 bridgehead atoms. The van der Waals surface area contributed by atoms with Gasteiger partial charge in [-0.25, -0.2) is 4.98 Å². The van der Waals surface area contributed by atoms with Crippen LogP contribution in [0.15, 0.2) is 17.2 Å². The number of aryl methyl sites for hydroxylation is 1. The Kier molecular flexibility index (Phi) is 2.49. The van der Waals surface area contributed by atoms with Gasteiger partial charge in [-0.15, -0.1) is 6.42 Å². The molecular formula is C8H9N3O. The van der Waals surface area contributed by atoms with Crippen LogP contribution < -0.4 is 10.9 Å². The summed E-state index contributed by atoms with van der Waals surface area (Å²) in [5.41, 5.74) is -0.173. The molecule has 1 N–H and O–H groups in total. The highest BCUT2D eigenvalue weighted by atomic mass is 16.1. The topological polar surface area (TPSA) is 46.9 Å². The molecule has 0 aliphatic heterocycles. The molecule has 0 aromatic carbocycles. The van der Waals surface area contributed by atoms with Gasteiger partial charge in [-0.05, 0) is 0 Å². The van der Waals surface area contributed by atoms with E-state index >= 15 is 0 Å². The quantitative estimate of drug-likeness (QED) is 0.615. The first-order valence-corrected chi connectivity index (χ1v) is 3.44. The Balaban J connectivity index is 2.95. The number of rotatable bonds is 2. The monoisotopic (exact) mass is 163 g/mol. The summed E-state index contributed by atoms with van der Waals surface area (Å²) in [5, 5.41) is 2.72. The van der Waals surface area contributed by atoms with Gasteiger partial charge in [0.15, 0.2) is 5.82 Å². The van der Waals surface area contributed by atoms with E-state index < -0.39 is 0 Å². The summed E-state index contributed by atoms with van der Waals surface area (Å²) in [7, 11) is 1.66. The maximum atomic E-state index is 11.2. The molecule has 0 radical (unpaired) electrons. The fourth-order valence-corrected chi connectivity index (χ4v) is 0.754. The van der Waals surface area contributed by atoms with Gasteiger partial charge in [-0.1, -0.05) is 5.92 Å². The molecule has 0 atom stereocenters. The zero-order valence-electron chi connectivity index (χ0n) is 6.74. The number of nitrogens with zero attached hydrogens (tertiary/aromatic N) is 2. The van der Waals surface area contributed by atoms with E-state index in [0.717, 1.165) is 0 Å². The molecule has 4 nitrogen and oxygen atoms in total. The molecule has 1 aromatic heterocycles. The number of hydrogen-bond acceptors (Lipinski definition) is 3. The third-order valence-corrected chi connectivity index (χ3v) is 1.37. The zero-order valence-corrected chi connectivity index (χ0v) is 6.74. The average molecular weight is 163 g/mol. The molecule has 1 rings (SSSR count). The van der Waals surface area contributed by atoms with Crippen molar-refractivity contribution >= 4 is 5.82 Å². The van der Waals surface area contributed by atoms with E-state index in [-0.39, 0.29) is 11.4 Å². The van der Waals surface area contributed by atoms with Crippen LogP contribution in [-0.4, -0.2) is 16.1 Å². The normalized spacial score (nSPS) is 9.00. The van der Waals surface area contributed by atoms with E-state index in [9.17, 15) is 4.79 Å². The highest BCUT2D eigenvalue weighted by molar-refractivity contribution is 5.32. The maximum absolute atomic E-state index is 11.2. The molecule has 0 spiro atoms. The van der Waals surface area contributed by atoms with Crippen LogP contribution in [0.1, 0.15) is 0 Å². The number of nitrogens with one attached hydrogen (secondary N) is 1. The van der Waals surface area contributed by atoms with Gasteiger partial charge in [0.05, 0.1) is 6.54 Å². The number of terminal acetylenes is 1. The standard InChI is InChI=1S/C8H9N3O/c1-3-4-9-7-8(12)11(2)6-5-10-7/h1,5-6H,4H2,2H3,(H,9,10). The van der Waals surface area contributed by atoms with E-state index in [1.807, 2.05) is 0 Å². The second kappa shape index (κ2) is 3.58. The minimum absolute atomic E-state index is 0.173. The van der Waals surface area contributed by atoms with Crippen LogP contribution in [0.4, 0.5) is 5.82 Å². The lowest BCUT2D eigenvalue weighted by molar-refractivity contribution is 0.842. The molecule has 0 saturated heterocycles. The Hall–Kier alpha value is -1.76. The van der Waals surface area contributed by atoms with Gasteiger partial charge in [-0.2, -0.15) is 0 Å². The number of anilines is 1. The van der Waals surface area contributed by atoms with Crippen LogP contribution in [0.5, 0.6) is 0 Å². The minimum atomic E-state index is -0.173. The highest BCUT2D eigenvalue weighted by Crippen LogP contribution is 1.89. The third kappa shape index (κ3) is 1.64. The van der Waals surface area contributed by atoms with Crippen LogP contribution in [0.3, 0.4) is 0 Å². The van der Waals surface area contributed by atoms with E-state index in [2.05, 4.69) is 16.2 Å². The second-order valence-electron chi connectivity index (χ2n) is 2.25. The Bertz CT molecular complexity index is 361. The molecule has 62 valence electrons. The summed E-state index contributed by atoms with van der Waals surface area (Å²) < 4.78 is 1.44. The van der Waals surface area contributed by atoms with Gasteiger partial charge in [0.2, 0.25) is 0 Å². The molecule has 0 unspecified atom stereocenters. The number of hydrogen-bond donors (Lipinski definition) is 1. The fourth-order valence-electron chi connectivity index (χ4n) is 0.754. The lowest BCUT2D eigenvalue weighted by Gasteiger charge is -2.01. The molecule has 0 amide bonds. The van der Waals surface area contributed by atoms with Gasteiger partial charge in [0.25, 0.3) is 5.56 Å². The van der Waals surface area contributed by atoms with Crippen molar-refractivity contribution in [2.75, 3.05) is 11.9 Å². The van der Waals surface area contributed by atoms with E-state index in [1.54, 1.807) is 19.4 Å². The second-order valence-corrected chi connectivity index (χ2v) is 2.25. The summed E-state index contributed by atoms with van der Waals surface area (Å²) in [6.45, 7) is 0.312.